The van der Waals surface area contributed by atoms with Gasteiger partial charge in [0, 0.05) is 10.6 Å². The fraction of sp³-hybridized carbons (Fsp3) is 0. The Morgan fingerprint density at radius 1 is 1.04 bits per heavy atom. The molecule has 1 aromatic carbocycles. The number of nitrogens with zero attached hydrogens (tertiary/aromatic N) is 2. The summed E-state index contributed by atoms with van der Waals surface area (Å²) in [4.78, 5) is 13.0. The average Bonchev–Trinajstić information content (AvgIpc) is 3.17. The summed E-state index contributed by atoms with van der Waals surface area (Å²) in [7, 11) is 0. The summed E-state index contributed by atoms with van der Waals surface area (Å²) < 4.78 is 0.681. The first-order chi connectivity index (χ1) is 11.1. The normalized spacial score (nSPS) is 11.5. The zero-order valence-electron chi connectivity index (χ0n) is 11.5. The third-order valence-corrected chi connectivity index (χ3v) is 5.25. The van der Waals surface area contributed by atoms with Crippen molar-refractivity contribution in [2.24, 2.45) is 0 Å². The maximum atomic E-state index is 12.1. The predicted octanol–water partition coefficient (Wildman–Crippen LogP) is 5.24. The predicted molar refractivity (Wildman–Crippen MR) is 97.4 cm³/mol. The van der Waals surface area contributed by atoms with E-state index in [1.807, 2.05) is 24.3 Å². The van der Waals surface area contributed by atoms with Gasteiger partial charge >= 0.3 is 0 Å². The molecule has 1 amide bonds. The Labute approximate surface area is 150 Å². The van der Waals surface area contributed by atoms with Crippen molar-refractivity contribution in [2.75, 3.05) is 5.32 Å². The number of rotatable bonds is 4. The molecule has 3 rings (SSSR count). The second-order valence-electron chi connectivity index (χ2n) is 4.37. The molecule has 0 spiro atoms. The van der Waals surface area contributed by atoms with Crippen LogP contribution in [0.25, 0.3) is 11.1 Å². The highest BCUT2D eigenvalue weighted by Crippen LogP contribution is 2.29. The zero-order chi connectivity index (χ0) is 16.2. The van der Waals surface area contributed by atoms with Crippen molar-refractivity contribution >= 4 is 68.6 Å². The molecule has 3 aromatic rings. The number of para-hydroxylation sites is 1. The van der Waals surface area contributed by atoms with Crippen molar-refractivity contribution in [3.05, 3.63) is 61.7 Å². The van der Waals surface area contributed by atoms with E-state index >= 15 is 0 Å². The molecular weight excluding hydrogens is 373 g/mol. The molecule has 116 valence electrons. The lowest BCUT2D eigenvalue weighted by Crippen LogP contribution is -2.11. The minimum absolute atomic E-state index is 0.250. The van der Waals surface area contributed by atoms with Gasteiger partial charge in [0.1, 0.15) is 0 Å². The smallest absolute Gasteiger partial charge is 0.286 e. The lowest BCUT2D eigenvalue weighted by molar-refractivity contribution is 0.102. The summed E-state index contributed by atoms with van der Waals surface area (Å²) in [5, 5.41) is 11.8. The van der Waals surface area contributed by atoms with E-state index < -0.39 is 0 Å². The number of amides is 1. The first-order valence-electron chi connectivity index (χ1n) is 6.44. The average molecular weight is 382 g/mol. The van der Waals surface area contributed by atoms with Gasteiger partial charge in [-0.1, -0.05) is 52.7 Å². The monoisotopic (exact) mass is 381 g/mol. The molecule has 0 aliphatic heterocycles. The van der Waals surface area contributed by atoms with E-state index in [9.17, 15) is 4.79 Å². The molecule has 2 aromatic heterocycles. The number of carbonyl (C=O) groups excluding carboxylic acids is 1. The molecule has 4 nitrogen and oxygen atoms in total. The van der Waals surface area contributed by atoms with Gasteiger partial charge in [0.25, 0.3) is 5.91 Å². The number of carbonyl (C=O) groups is 1. The molecule has 0 saturated heterocycles. The standard InChI is InChI=1S/C15H9Cl2N3OS2/c16-11(8-10-6-7-12(17)22-10)14-19-20-15(23-14)13(21)18-9-4-2-1-3-5-9/h1-8H,(H,18,21)/b11-8-. The molecule has 0 aliphatic carbocycles. The van der Waals surface area contributed by atoms with Crippen molar-refractivity contribution in [1.82, 2.24) is 10.2 Å². The SMILES string of the molecule is O=C(Nc1ccccc1)c1nnc(/C(Cl)=C/c2ccc(Cl)s2)s1. The Kier molecular flexibility index (Phi) is 5.07. The van der Waals surface area contributed by atoms with E-state index in [0.717, 1.165) is 16.2 Å². The first kappa shape index (κ1) is 16.1. The molecule has 0 unspecified atom stereocenters. The molecule has 2 heterocycles. The second kappa shape index (κ2) is 7.23. The summed E-state index contributed by atoms with van der Waals surface area (Å²) in [5.74, 6) is -0.316. The molecule has 0 fully saturated rings. The van der Waals surface area contributed by atoms with Crippen LogP contribution in [0.3, 0.4) is 0 Å². The van der Waals surface area contributed by atoms with Crippen LogP contribution in [-0.4, -0.2) is 16.1 Å². The number of nitrogens with one attached hydrogen (secondary N) is 1. The lowest BCUT2D eigenvalue weighted by atomic mass is 10.3. The largest absolute Gasteiger partial charge is 0.320 e. The Morgan fingerprint density at radius 2 is 1.78 bits per heavy atom. The van der Waals surface area contributed by atoms with Crippen molar-refractivity contribution < 1.29 is 4.79 Å². The summed E-state index contributed by atoms with van der Waals surface area (Å²) in [6.45, 7) is 0. The highest BCUT2D eigenvalue weighted by molar-refractivity contribution is 7.17. The van der Waals surface area contributed by atoms with E-state index in [4.69, 9.17) is 23.2 Å². The molecule has 0 aliphatic rings. The maximum Gasteiger partial charge on any atom is 0.286 e. The van der Waals surface area contributed by atoms with Crippen molar-refractivity contribution in [1.29, 1.82) is 0 Å². The molecule has 0 atom stereocenters. The van der Waals surface area contributed by atoms with Crippen molar-refractivity contribution in [3.8, 4) is 0 Å². The number of hydrogen-bond acceptors (Lipinski definition) is 5. The van der Waals surface area contributed by atoms with Crippen LogP contribution in [0, 0.1) is 0 Å². The van der Waals surface area contributed by atoms with Crippen molar-refractivity contribution in [2.45, 2.75) is 0 Å². The number of anilines is 1. The van der Waals surface area contributed by atoms with Gasteiger partial charge in [0.2, 0.25) is 5.01 Å². The number of aromatic nitrogens is 2. The summed E-state index contributed by atoms with van der Waals surface area (Å²) in [6.07, 6.45) is 1.75. The van der Waals surface area contributed by atoms with E-state index in [1.165, 1.54) is 11.3 Å². The van der Waals surface area contributed by atoms with Gasteiger partial charge in [-0.25, -0.2) is 0 Å². The molecule has 0 bridgehead atoms. The van der Waals surface area contributed by atoms with Gasteiger partial charge in [-0.2, -0.15) is 0 Å². The van der Waals surface area contributed by atoms with Gasteiger partial charge in [-0.3, -0.25) is 4.79 Å². The fourth-order valence-electron chi connectivity index (χ4n) is 1.71. The Bertz CT molecular complexity index is 859. The number of thiophene rings is 1. The van der Waals surface area contributed by atoms with E-state index in [-0.39, 0.29) is 10.9 Å². The Morgan fingerprint density at radius 3 is 2.48 bits per heavy atom. The molecule has 0 radical (unpaired) electrons. The van der Waals surface area contributed by atoms with Crippen LogP contribution in [0.5, 0.6) is 0 Å². The van der Waals surface area contributed by atoms with Crippen LogP contribution < -0.4 is 5.32 Å². The van der Waals surface area contributed by atoms with Gasteiger partial charge in [-0.15, -0.1) is 21.5 Å². The van der Waals surface area contributed by atoms with E-state index in [2.05, 4.69) is 15.5 Å². The third-order valence-electron chi connectivity index (χ3n) is 2.72. The lowest BCUT2D eigenvalue weighted by Gasteiger charge is -2.00. The van der Waals surface area contributed by atoms with Crippen molar-refractivity contribution in [3.63, 3.8) is 0 Å². The van der Waals surface area contributed by atoms with Gasteiger partial charge in [0.05, 0.1) is 9.37 Å². The van der Waals surface area contributed by atoms with Crippen LogP contribution in [-0.2, 0) is 0 Å². The maximum absolute atomic E-state index is 12.1. The number of halogens is 2. The van der Waals surface area contributed by atoms with Crippen LogP contribution in [0.4, 0.5) is 5.69 Å². The van der Waals surface area contributed by atoms with Gasteiger partial charge in [-0.05, 0) is 30.3 Å². The molecule has 23 heavy (non-hydrogen) atoms. The molecule has 0 saturated carbocycles. The van der Waals surface area contributed by atoms with E-state index in [1.54, 1.807) is 24.3 Å². The molecule has 8 heteroatoms. The van der Waals surface area contributed by atoms with Crippen LogP contribution in [0.15, 0.2) is 42.5 Å². The summed E-state index contributed by atoms with van der Waals surface area (Å²) in [6, 6.07) is 12.8. The number of hydrogen-bond donors (Lipinski definition) is 1. The minimum Gasteiger partial charge on any atom is -0.320 e. The number of benzene rings is 1. The van der Waals surface area contributed by atoms with Gasteiger partial charge < -0.3 is 5.32 Å². The highest BCUT2D eigenvalue weighted by atomic mass is 35.5. The first-order valence-corrected chi connectivity index (χ1v) is 8.83. The highest BCUT2D eigenvalue weighted by Gasteiger charge is 2.15. The minimum atomic E-state index is -0.316. The molecular formula is C15H9Cl2N3OS2. The Hall–Kier alpha value is -1.73. The Balaban J connectivity index is 1.75. The summed E-state index contributed by atoms with van der Waals surface area (Å²) in [5.41, 5.74) is 0.698. The quantitative estimate of drug-likeness (QED) is 0.671. The van der Waals surface area contributed by atoms with Crippen LogP contribution in [0.1, 0.15) is 19.7 Å². The van der Waals surface area contributed by atoms with Crippen LogP contribution in [0.2, 0.25) is 4.34 Å². The zero-order valence-corrected chi connectivity index (χ0v) is 14.6. The van der Waals surface area contributed by atoms with Crippen LogP contribution >= 0.6 is 45.9 Å². The third kappa shape index (κ3) is 4.17. The van der Waals surface area contributed by atoms with E-state index in [0.29, 0.717) is 20.1 Å². The molecule has 1 N–H and O–H groups in total. The second-order valence-corrected chi connectivity index (χ2v) is 7.50. The summed E-state index contributed by atoms with van der Waals surface area (Å²) >= 11 is 14.6. The topological polar surface area (TPSA) is 54.9 Å². The van der Waals surface area contributed by atoms with Gasteiger partial charge in [0.15, 0.2) is 5.01 Å². The fourth-order valence-corrected chi connectivity index (χ4v) is 3.70.